The number of aromatic nitrogens is 2. The van der Waals surface area contributed by atoms with Crippen LogP contribution in [0.15, 0.2) is 24.3 Å². The Hall–Kier alpha value is -2.55. The number of hydrogen-bond acceptors (Lipinski definition) is 6. The predicted octanol–water partition coefficient (Wildman–Crippen LogP) is 3.61. The Morgan fingerprint density at radius 1 is 1.24 bits per heavy atom. The minimum atomic E-state index is -4.69. The van der Waals surface area contributed by atoms with Crippen LogP contribution in [0.2, 0.25) is 0 Å². The Kier molecular flexibility index (Phi) is 5.24. The lowest BCUT2D eigenvalue weighted by Gasteiger charge is -2.30. The van der Waals surface area contributed by atoms with Crippen LogP contribution in [-0.4, -0.2) is 40.6 Å². The lowest BCUT2D eigenvalue weighted by molar-refractivity contribution is -0.274. The monoisotopic (exact) mass is 408 g/mol. The number of hydrogen-bond donors (Lipinski definition) is 2. The van der Waals surface area contributed by atoms with Crippen LogP contribution < -0.4 is 15.0 Å². The molecule has 1 aromatic heterocycles. The van der Waals surface area contributed by atoms with E-state index in [0.29, 0.717) is 31.2 Å². The molecule has 6 nitrogen and oxygen atoms in total. The first kappa shape index (κ1) is 19.8. The number of rotatable bonds is 6. The summed E-state index contributed by atoms with van der Waals surface area (Å²) in [6.45, 7) is 3.06. The lowest BCUT2D eigenvalue weighted by atomic mass is 9.99. The first-order chi connectivity index (χ1) is 13.8. The summed E-state index contributed by atoms with van der Waals surface area (Å²) in [7, 11) is 0. The van der Waals surface area contributed by atoms with Gasteiger partial charge in [0.25, 0.3) is 0 Å². The zero-order valence-electron chi connectivity index (χ0n) is 16.0. The van der Waals surface area contributed by atoms with E-state index in [4.69, 9.17) is 4.98 Å². The molecule has 1 atom stereocenters. The van der Waals surface area contributed by atoms with Crippen molar-refractivity contribution in [2.75, 3.05) is 23.4 Å². The van der Waals surface area contributed by atoms with Crippen LogP contribution in [0.5, 0.6) is 5.75 Å². The first-order valence-corrected chi connectivity index (χ1v) is 9.69. The molecule has 1 aliphatic heterocycles. The minimum Gasteiger partial charge on any atom is -0.406 e. The number of anilines is 2. The van der Waals surface area contributed by atoms with Gasteiger partial charge in [0.15, 0.2) is 0 Å². The zero-order chi connectivity index (χ0) is 20.6. The number of nitrogens with one attached hydrogen (secondary N) is 1. The van der Waals surface area contributed by atoms with Gasteiger partial charge in [-0.15, -0.1) is 13.2 Å². The average molecular weight is 408 g/mol. The Morgan fingerprint density at radius 2 is 2.03 bits per heavy atom. The summed E-state index contributed by atoms with van der Waals surface area (Å²) in [5.41, 5.74) is 1.81. The third-order valence-electron chi connectivity index (χ3n) is 5.09. The largest absolute Gasteiger partial charge is 0.573 e. The van der Waals surface area contributed by atoms with Gasteiger partial charge in [-0.25, -0.2) is 9.97 Å². The van der Waals surface area contributed by atoms with E-state index in [1.807, 2.05) is 13.0 Å². The molecule has 2 aliphatic rings. The molecule has 29 heavy (non-hydrogen) atoms. The summed E-state index contributed by atoms with van der Waals surface area (Å²) in [5.74, 6) is 2.45. The van der Waals surface area contributed by atoms with Crippen molar-refractivity contribution in [1.29, 1.82) is 0 Å². The molecule has 2 N–H and O–H groups in total. The van der Waals surface area contributed by atoms with Crippen molar-refractivity contribution < 1.29 is 23.0 Å². The molecular weight excluding hydrogens is 385 g/mol. The molecule has 0 spiro atoms. The van der Waals surface area contributed by atoms with Crippen molar-refractivity contribution in [3.63, 3.8) is 0 Å². The Labute approximate surface area is 166 Å². The second-order valence-corrected chi connectivity index (χ2v) is 7.62. The Balaban J connectivity index is 1.55. The zero-order valence-corrected chi connectivity index (χ0v) is 16.0. The normalized spacial score (nSPS) is 17.6. The van der Waals surface area contributed by atoms with Gasteiger partial charge in [0.05, 0.1) is 6.61 Å². The fraction of sp³-hybridized carbons (Fsp3) is 0.500. The lowest BCUT2D eigenvalue weighted by Crippen LogP contribution is -2.31. The van der Waals surface area contributed by atoms with E-state index in [1.165, 1.54) is 12.1 Å². The Morgan fingerprint density at radius 3 is 2.72 bits per heavy atom. The van der Waals surface area contributed by atoms with Gasteiger partial charge in [-0.3, -0.25) is 0 Å². The SMILES string of the molecule is C[C@@H](CO)Nc1cc(N2CCc3cc(OC(F)(F)F)ccc3C2)nc(C2CC2)n1. The van der Waals surface area contributed by atoms with Gasteiger partial charge in [0.1, 0.15) is 23.2 Å². The van der Waals surface area contributed by atoms with Gasteiger partial charge in [-0.2, -0.15) is 0 Å². The summed E-state index contributed by atoms with van der Waals surface area (Å²) < 4.78 is 41.4. The van der Waals surface area contributed by atoms with Gasteiger partial charge in [0.2, 0.25) is 0 Å². The highest BCUT2D eigenvalue weighted by Gasteiger charge is 2.32. The van der Waals surface area contributed by atoms with Gasteiger partial charge in [-0.05, 0) is 49.4 Å². The molecule has 0 radical (unpaired) electrons. The molecule has 1 fully saturated rings. The molecule has 1 aromatic carbocycles. The molecule has 156 valence electrons. The van der Waals surface area contributed by atoms with Gasteiger partial charge in [0, 0.05) is 31.1 Å². The first-order valence-electron chi connectivity index (χ1n) is 9.69. The molecule has 1 saturated carbocycles. The highest BCUT2D eigenvalue weighted by atomic mass is 19.4. The van der Waals surface area contributed by atoms with Crippen molar-refractivity contribution in [3.8, 4) is 5.75 Å². The van der Waals surface area contributed by atoms with Crippen LogP contribution in [0.4, 0.5) is 24.8 Å². The summed E-state index contributed by atoms with van der Waals surface area (Å²) >= 11 is 0. The summed E-state index contributed by atoms with van der Waals surface area (Å²) in [4.78, 5) is 11.4. The van der Waals surface area contributed by atoms with E-state index in [9.17, 15) is 18.3 Å². The van der Waals surface area contributed by atoms with Gasteiger partial charge < -0.3 is 20.1 Å². The van der Waals surface area contributed by atoms with E-state index in [1.54, 1.807) is 6.07 Å². The van der Waals surface area contributed by atoms with Crippen LogP contribution in [0.25, 0.3) is 0 Å². The molecule has 0 amide bonds. The number of benzene rings is 1. The number of halogens is 3. The number of fused-ring (bicyclic) bond motifs is 1. The summed E-state index contributed by atoms with van der Waals surface area (Å²) in [6.07, 6.45) is -1.94. The van der Waals surface area contributed by atoms with Gasteiger partial charge in [-0.1, -0.05) is 6.07 Å². The third kappa shape index (κ3) is 4.90. The summed E-state index contributed by atoms with van der Waals surface area (Å²) in [5, 5.41) is 12.5. The van der Waals surface area contributed by atoms with Crippen LogP contribution in [0.1, 0.15) is 42.6 Å². The molecule has 0 unspecified atom stereocenters. The third-order valence-corrected chi connectivity index (χ3v) is 5.09. The molecule has 9 heteroatoms. The van der Waals surface area contributed by atoms with E-state index < -0.39 is 6.36 Å². The molecule has 1 aliphatic carbocycles. The molecule has 0 saturated heterocycles. The smallest absolute Gasteiger partial charge is 0.406 e. The highest BCUT2D eigenvalue weighted by molar-refractivity contribution is 5.53. The summed E-state index contributed by atoms with van der Waals surface area (Å²) in [6, 6.07) is 6.23. The number of alkyl halides is 3. The van der Waals surface area contributed by atoms with Crippen LogP contribution in [0.3, 0.4) is 0 Å². The molecule has 0 bridgehead atoms. The van der Waals surface area contributed by atoms with Crippen LogP contribution in [-0.2, 0) is 13.0 Å². The van der Waals surface area contributed by atoms with Crippen molar-refractivity contribution in [2.45, 2.75) is 51.1 Å². The fourth-order valence-corrected chi connectivity index (χ4v) is 3.43. The average Bonchev–Trinajstić information content (AvgIpc) is 3.51. The number of nitrogens with zero attached hydrogens (tertiary/aromatic N) is 3. The molecule has 2 heterocycles. The van der Waals surface area contributed by atoms with Crippen molar-refractivity contribution in [1.82, 2.24) is 9.97 Å². The van der Waals surface area contributed by atoms with Crippen LogP contribution in [0, 0.1) is 0 Å². The predicted molar refractivity (Wildman–Crippen MR) is 102 cm³/mol. The maximum Gasteiger partial charge on any atom is 0.573 e. The Bertz CT molecular complexity index is 887. The second kappa shape index (κ2) is 7.70. The standard InChI is InChI=1S/C20H23F3N4O2/c1-12(11-28)24-17-9-18(26-19(25-17)13-2-3-13)27-7-6-14-8-16(29-20(21,22)23)5-4-15(14)10-27/h4-5,8-9,12-13,28H,2-3,6-7,10-11H2,1H3,(H,24,25,26)/t12-/m0/s1. The molecule has 4 rings (SSSR count). The van der Waals surface area contributed by atoms with Crippen molar-refractivity contribution in [2.24, 2.45) is 0 Å². The van der Waals surface area contributed by atoms with E-state index >= 15 is 0 Å². The van der Waals surface area contributed by atoms with E-state index in [2.05, 4.69) is 19.9 Å². The molecule has 2 aromatic rings. The quantitative estimate of drug-likeness (QED) is 0.761. The second-order valence-electron chi connectivity index (χ2n) is 7.62. The highest BCUT2D eigenvalue weighted by Crippen LogP contribution is 2.39. The van der Waals surface area contributed by atoms with E-state index in [-0.39, 0.29) is 18.4 Å². The maximum atomic E-state index is 12.5. The minimum absolute atomic E-state index is 0.00246. The maximum absolute atomic E-state index is 12.5. The number of ether oxygens (including phenoxy) is 1. The number of aliphatic hydroxyl groups is 1. The molecular formula is C20H23F3N4O2. The number of aliphatic hydroxyl groups excluding tert-OH is 1. The van der Waals surface area contributed by atoms with Crippen molar-refractivity contribution in [3.05, 3.63) is 41.2 Å². The van der Waals surface area contributed by atoms with Gasteiger partial charge >= 0.3 is 6.36 Å². The van der Waals surface area contributed by atoms with Crippen molar-refractivity contribution >= 4 is 11.6 Å². The van der Waals surface area contributed by atoms with Crippen LogP contribution >= 0.6 is 0 Å². The topological polar surface area (TPSA) is 70.5 Å². The van der Waals surface area contributed by atoms with E-state index in [0.717, 1.165) is 35.6 Å². The fourth-order valence-electron chi connectivity index (χ4n) is 3.43.